The first-order chi connectivity index (χ1) is 12.7. The third kappa shape index (κ3) is 3.39. The molecule has 0 spiro atoms. The summed E-state index contributed by atoms with van der Waals surface area (Å²) in [5.74, 6) is 0.806. The maximum atomic E-state index is 11.5. The van der Waals surface area contributed by atoms with Gasteiger partial charge in [-0.2, -0.15) is 0 Å². The number of carbonyl (C=O) groups excluding carboxylic acids is 1. The van der Waals surface area contributed by atoms with Crippen LogP contribution in [0.25, 0.3) is 6.08 Å². The van der Waals surface area contributed by atoms with E-state index >= 15 is 0 Å². The second kappa shape index (κ2) is 7.13. The van der Waals surface area contributed by atoms with Crippen molar-refractivity contribution in [1.29, 1.82) is 0 Å². The largest absolute Gasteiger partial charge is 0.441 e. The van der Waals surface area contributed by atoms with Crippen LogP contribution in [0.3, 0.4) is 0 Å². The molecular weight excluding hydrogens is 330 g/mol. The summed E-state index contributed by atoms with van der Waals surface area (Å²) >= 11 is 0. The summed E-state index contributed by atoms with van der Waals surface area (Å²) in [4.78, 5) is 22.3. The van der Waals surface area contributed by atoms with Crippen molar-refractivity contribution in [2.45, 2.75) is 18.9 Å². The van der Waals surface area contributed by atoms with Crippen LogP contribution in [0, 0.1) is 0 Å². The third-order valence-corrected chi connectivity index (χ3v) is 4.74. The Balaban J connectivity index is 1.69. The van der Waals surface area contributed by atoms with Gasteiger partial charge in [-0.15, -0.1) is 0 Å². The number of ether oxygens (including phenoxy) is 1. The highest BCUT2D eigenvalue weighted by Crippen LogP contribution is 2.32. The number of carbonyl (C=O) groups is 1. The van der Waals surface area contributed by atoms with Gasteiger partial charge in [0, 0.05) is 23.9 Å². The number of nitrogens with one attached hydrogen (secondary N) is 1. The number of aromatic nitrogens is 2. The minimum atomic E-state index is -0.535. The van der Waals surface area contributed by atoms with Crippen LogP contribution in [0.15, 0.2) is 42.4 Å². The Labute approximate surface area is 151 Å². The fraction of sp³-hybridized carbons (Fsp3) is 0.316. The first kappa shape index (κ1) is 16.5. The van der Waals surface area contributed by atoms with Gasteiger partial charge in [-0.25, -0.2) is 9.97 Å². The molecule has 1 amide bonds. The molecule has 2 aromatic rings. The highest BCUT2D eigenvalue weighted by Gasteiger charge is 2.28. The average Bonchev–Trinajstić information content (AvgIpc) is 2.68. The second-order valence-corrected chi connectivity index (χ2v) is 6.48. The van der Waals surface area contributed by atoms with Gasteiger partial charge in [0.25, 0.3) is 5.91 Å². The van der Waals surface area contributed by atoms with Gasteiger partial charge < -0.3 is 20.7 Å². The van der Waals surface area contributed by atoms with Gasteiger partial charge in [-0.05, 0) is 44.1 Å². The number of anilines is 1. The van der Waals surface area contributed by atoms with Crippen LogP contribution in [0.5, 0.6) is 5.88 Å². The van der Waals surface area contributed by atoms with Crippen molar-refractivity contribution < 1.29 is 9.53 Å². The van der Waals surface area contributed by atoms with Crippen molar-refractivity contribution >= 4 is 17.7 Å². The molecule has 2 aliphatic heterocycles. The fourth-order valence-corrected chi connectivity index (χ4v) is 3.47. The van der Waals surface area contributed by atoms with Gasteiger partial charge >= 0.3 is 0 Å². The molecule has 7 nitrogen and oxygen atoms in total. The van der Waals surface area contributed by atoms with E-state index in [0.717, 1.165) is 42.9 Å². The van der Waals surface area contributed by atoms with Crippen molar-refractivity contribution in [1.82, 2.24) is 15.3 Å². The van der Waals surface area contributed by atoms with Crippen LogP contribution in [0.2, 0.25) is 0 Å². The average molecular weight is 351 g/mol. The van der Waals surface area contributed by atoms with E-state index in [1.165, 1.54) is 0 Å². The number of hydrogen-bond donors (Lipinski definition) is 2. The van der Waals surface area contributed by atoms with E-state index in [1.54, 1.807) is 18.5 Å². The highest BCUT2D eigenvalue weighted by atomic mass is 16.5. The topological polar surface area (TPSA) is 93.4 Å². The second-order valence-electron chi connectivity index (χ2n) is 6.48. The number of rotatable bonds is 4. The summed E-state index contributed by atoms with van der Waals surface area (Å²) in [5, 5.41) is 3.39. The SMILES string of the molecule is NC(=O)c1cc2c(cn1)N(C1CCNCC1)CC(Oc1ccccn1)=C2. The van der Waals surface area contributed by atoms with Gasteiger partial charge in [0.05, 0.1) is 18.4 Å². The molecule has 3 N–H and O–H groups in total. The van der Waals surface area contributed by atoms with Gasteiger partial charge in [-0.1, -0.05) is 6.07 Å². The van der Waals surface area contributed by atoms with E-state index in [2.05, 4.69) is 20.2 Å². The first-order valence-electron chi connectivity index (χ1n) is 8.77. The highest BCUT2D eigenvalue weighted by molar-refractivity contribution is 5.92. The maximum absolute atomic E-state index is 11.5. The maximum Gasteiger partial charge on any atom is 0.267 e. The van der Waals surface area contributed by atoms with Crippen molar-refractivity contribution in [3.63, 3.8) is 0 Å². The predicted molar refractivity (Wildman–Crippen MR) is 98.8 cm³/mol. The van der Waals surface area contributed by atoms with E-state index < -0.39 is 5.91 Å². The molecular formula is C19H21N5O2. The quantitative estimate of drug-likeness (QED) is 0.868. The summed E-state index contributed by atoms with van der Waals surface area (Å²) < 4.78 is 5.99. The molecule has 7 heteroatoms. The fourth-order valence-electron chi connectivity index (χ4n) is 3.47. The molecule has 1 saturated heterocycles. The number of nitrogens with two attached hydrogens (primary N) is 1. The van der Waals surface area contributed by atoms with Gasteiger partial charge in [0.15, 0.2) is 0 Å². The summed E-state index contributed by atoms with van der Waals surface area (Å²) in [6, 6.07) is 7.69. The summed E-state index contributed by atoms with van der Waals surface area (Å²) in [6.07, 6.45) is 7.48. The number of nitrogens with zero attached hydrogens (tertiary/aromatic N) is 3. The normalized spacial score (nSPS) is 17.4. The molecule has 0 unspecified atom stereocenters. The lowest BCUT2D eigenvalue weighted by Gasteiger charge is -2.39. The monoisotopic (exact) mass is 351 g/mol. The molecule has 134 valence electrons. The van der Waals surface area contributed by atoms with E-state index in [0.29, 0.717) is 18.5 Å². The number of piperidine rings is 1. The van der Waals surface area contributed by atoms with Crippen molar-refractivity contribution in [3.05, 3.63) is 53.7 Å². The molecule has 0 saturated carbocycles. The lowest BCUT2D eigenvalue weighted by Crippen LogP contribution is -2.45. The summed E-state index contributed by atoms with van der Waals surface area (Å²) in [5.41, 5.74) is 7.55. The molecule has 26 heavy (non-hydrogen) atoms. The van der Waals surface area contributed by atoms with E-state index in [-0.39, 0.29) is 5.69 Å². The molecule has 2 aromatic heterocycles. The van der Waals surface area contributed by atoms with Crippen LogP contribution in [-0.4, -0.2) is 41.6 Å². The molecule has 1 fully saturated rings. The zero-order chi connectivity index (χ0) is 17.9. The molecule has 0 radical (unpaired) electrons. The Morgan fingerprint density at radius 1 is 1.27 bits per heavy atom. The lowest BCUT2D eigenvalue weighted by molar-refractivity contribution is 0.0995. The summed E-state index contributed by atoms with van der Waals surface area (Å²) in [6.45, 7) is 2.62. The van der Waals surface area contributed by atoms with E-state index in [4.69, 9.17) is 10.5 Å². The minimum absolute atomic E-state index is 0.254. The lowest BCUT2D eigenvalue weighted by atomic mass is 10.00. The number of pyridine rings is 2. The van der Waals surface area contributed by atoms with E-state index in [1.807, 2.05) is 24.3 Å². The number of primary amides is 1. The molecule has 0 atom stereocenters. The molecule has 4 rings (SSSR count). The zero-order valence-corrected chi connectivity index (χ0v) is 14.4. The van der Waals surface area contributed by atoms with Crippen molar-refractivity contribution in [3.8, 4) is 5.88 Å². The van der Waals surface area contributed by atoms with Gasteiger partial charge in [0.2, 0.25) is 5.88 Å². The Morgan fingerprint density at radius 3 is 2.85 bits per heavy atom. The standard InChI is InChI=1S/C19H21N5O2/c20-19(25)16-10-13-9-15(26-18-3-1-2-6-22-18)12-24(17(13)11-23-16)14-4-7-21-8-5-14/h1-3,6,9-11,14,21H,4-5,7-8,12H2,(H2,20,25). The Bertz CT molecular complexity index is 831. The smallest absolute Gasteiger partial charge is 0.267 e. The molecule has 0 aliphatic carbocycles. The van der Waals surface area contributed by atoms with Crippen LogP contribution in [0.1, 0.15) is 28.9 Å². The van der Waals surface area contributed by atoms with Crippen molar-refractivity contribution in [2.24, 2.45) is 5.73 Å². The van der Waals surface area contributed by atoms with Crippen LogP contribution in [0.4, 0.5) is 5.69 Å². The van der Waals surface area contributed by atoms with Crippen LogP contribution < -0.4 is 20.7 Å². The Morgan fingerprint density at radius 2 is 2.12 bits per heavy atom. The summed E-state index contributed by atoms with van der Waals surface area (Å²) in [7, 11) is 0. The van der Waals surface area contributed by atoms with Crippen LogP contribution in [-0.2, 0) is 0 Å². The molecule has 0 bridgehead atoms. The van der Waals surface area contributed by atoms with Gasteiger partial charge in [-0.3, -0.25) is 4.79 Å². The number of hydrogen-bond acceptors (Lipinski definition) is 6. The first-order valence-corrected chi connectivity index (χ1v) is 8.77. The molecule has 4 heterocycles. The number of fused-ring (bicyclic) bond motifs is 1. The van der Waals surface area contributed by atoms with Crippen molar-refractivity contribution in [2.75, 3.05) is 24.5 Å². The Kier molecular flexibility index (Phi) is 4.53. The van der Waals surface area contributed by atoms with E-state index in [9.17, 15) is 4.79 Å². The minimum Gasteiger partial charge on any atom is -0.441 e. The number of amides is 1. The van der Waals surface area contributed by atoms with Crippen LogP contribution >= 0.6 is 0 Å². The third-order valence-electron chi connectivity index (χ3n) is 4.74. The van der Waals surface area contributed by atoms with Gasteiger partial charge in [0.1, 0.15) is 11.5 Å². The molecule has 0 aromatic carbocycles. The predicted octanol–water partition coefficient (Wildman–Crippen LogP) is 1.57. The Hall–Kier alpha value is -2.93. The zero-order valence-electron chi connectivity index (χ0n) is 14.4. The molecule has 2 aliphatic rings.